The molecule has 2 rings (SSSR count). The number of benzene rings is 1. The molecule has 1 N–H and O–H groups in total. The topological polar surface area (TPSA) is 102 Å². The van der Waals surface area contributed by atoms with Gasteiger partial charge < -0.3 is 9.57 Å². The third-order valence-electron chi connectivity index (χ3n) is 4.82. The van der Waals surface area contributed by atoms with Crippen LogP contribution in [0, 0.1) is 11.8 Å². The number of hydrogen-bond donors (Lipinski definition) is 1. The summed E-state index contributed by atoms with van der Waals surface area (Å²) in [5.74, 6) is -1.24. The zero-order valence-electron chi connectivity index (χ0n) is 17.8. The van der Waals surface area contributed by atoms with E-state index in [2.05, 4.69) is 5.48 Å². The monoisotopic (exact) mass is 418 g/mol. The molecule has 30 heavy (non-hydrogen) atoms. The lowest BCUT2D eigenvalue weighted by molar-refractivity contribution is -0.148. The molecule has 0 spiro atoms. The molecule has 1 aromatic rings. The molecule has 1 aliphatic heterocycles. The molecule has 1 aromatic carbocycles. The summed E-state index contributed by atoms with van der Waals surface area (Å²) in [6.07, 6.45) is 2.56. The van der Waals surface area contributed by atoms with E-state index in [0.29, 0.717) is 31.5 Å². The van der Waals surface area contributed by atoms with Crippen LogP contribution in [-0.4, -0.2) is 35.2 Å². The number of carbonyl (C=O) groups is 4. The first-order valence-electron chi connectivity index (χ1n) is 10.3. The van der Waals surface area contributed by atoms with E-state index >= 15 is 0 Å². The Morgan fingerprint density at radius 3 is 2.43 bits per heavy atom. The van der Waals surface area contributed by atoms with E-state index in [4.69, 9.17) is 9.57 Å². The van der Waals surface area contributed by atoms with Gasteiger partial charge in [-0.05, 0) is 30.5 Å². The molecule has 1 fully saturated rings. The summed E-state index contributed by atoms with van der Waals surface area (Å²) in [6.45, 7) is 5.93. The van der Waals surface area contributed by atoms with Crippen LogP contribution in [0.15, 0.2) is 24.3 Å². The smallest absolute Gasteiger partial charge is 0.332 e. The number of nitrogens with zero attached hydrogens (tertiary/aromatic N) is 1. The second-order valence-electron chi connectivity index (χ2n) is 7.83. The Bertz CT molecular complexity index is 759. The molecule has 1 aliphatic rings. The van der Waals surface area contributed by atoms with E-state index in [9.17, 15) is 19.2 Å². The number of nitrogens with one attached hydrogen (secondary N) is 1. The second kappa shape index (κ2) is 11.3. The van der Waals surface area contributed by atoms with Gasteiger partial charge in [-0.25, -0.2) is 10.3 Å². The standard InChI is InChI=1S/C22H30N2O6/c1-15(2)22(28)29-14-17-8-10-18(11-9-17)23-30-20(26)7-5-4-6-12-24-19(25)13-16(3)21(24)27/h8-11,15-16,23H,4-7,12-14H2,1-3H3. The molecule has 1 saturated heterocycles. The number of imide groups is 1. The lowest BCUT2D eigenvalue weighted by Crippen LogP contribution is -2.31. The molecule has 8 nitrogen and oxygen atoms in total. The number of anilines is 1. The van der Waals surface area contributed by atoms with Crippen LogP contribution in [0.2, 0.25) is 0 Å². The highest BCUT2D eigenvalue weighted by Crippen LogP contribution is 2.19. The van der Waals surface area contributed by atoms with Crippen LogP contribution in [0.3, 0.4) is 0 Å². The van der Waals surface area contributed by atoms with Crippen molar-refractivity contribution >= 4 is 29.4 Å². The van der Waals surface area contributed by atoms with Crippen molar-refractivity contribution in [3.8, 4) is 0 Å². The fourth-order valence-electron chi connectivity index (χ4n) is 2.96. The summed E-state index contributed by atoms with van der Waals surface area (Å²) in [7, 11) is 0. The fourth-order valence-corrected chi connectivity index (χ4v) is 2.96. The van der Waals surface area contributed by atoms with Crippen molar-refractivity contribution in [2.75, 3.05) is 12.0 Å². The van der Waals surface area contributed by atoms with Gasteiger partial charge in [-0.2, -0.15) is 0 Å². The Hall–Kier alpha value is -2.90. The van der Waals surface area contributed by atoms with Gasteiger partial charge in [-0.1, -0.05) is 39.3 Å². The Labute approximate surface area is 176 Å². The Kier molecular flexibility index (Phi) is 8.83. The number of amides is 2. The summed E-state index contributed by atoms with van der Waals surface area (Å²) >= 11 is 0. The van der Waals surface area contributed by atoms with E-state index in [-0.39, 0.29) is 48.6 Å². The minimum Gasteiger partial charge on any atom is -0.461 e. The van der Waals surface area contributed by atoms with Crippen LogP contribution in [0.25, 0.3) is 0 Å². The molecular weight excluding hydrogens is 388 g/mol. The summed E-state index contributed by atoms with van der Waals surface area (Å²) in [5, 5.41) is 0. The van der Waals surface area contributed by atoms with Gasteiger partial charge in [0.15, 0.2) is 0 Å². The van der Waals surface area contributed by atoms with Crippen molar-refractivity contribution in [3.63, 3.8) is 0 Å². The third kappa shape index (κ3) is 7.17. The lowest BCUT2D eigenvalue weighted by atomic mass is 10.1. The number of esters is 1. The number of hydrogen-bond acceptors (Lipinski definition) is 7. The van der Waals surface area contributed by atoms with Crippen molar-refractivity contribution < 1.29 is 28.8 Å². The number of unbranched alkanes of at least 4 members (excludes halogenated alkanes) is 2. The Morgan fingerprint density at radius 2 is 1.83 bits per heavy atom. The molecule has 0 aliphatic carbocycles. The molecule has 1 unspecified atom stereocenters. The molecule has 1 atom stereocenters. The first-order valence-corrected chi connectivity index (χ1v) is 10.3. The first-order chi connectivity index (χ1) is 14.3. The molecular formula is C22H30N2O6. The van der Waals surface area contributed by atoms with E-state index in [1.54, 1.807) is 45.0 Å². The number of carbonyl (C=O) groups excluding carboxylic acids is 4. The molecule has 1 heterocycles. The molecule has 0 radical (unpaired) electrons. The van der Waals surface area contributed by atoms with Crippen molar-refractivity contribution in [2.24, 2.45) is 11.8 Å². The quantitative estimate of drug-likeness (QED) is 0.255. The van der Waals surface area contributed by atoms with Crippen molar-refractivity contribution in [1.29, 1.82) is 0 Å². The van der Waals surface area contributed by atoms with Gasteiger partial charge in [0.1, 0.15) is 6.61 Å². The van der Waals surface area contributed by atoms with Crippen LogP contribution in [0.1, 0.15) is 58.4 Å². The molecule has 8 heteroatoms. The van der Waals surface area contributed by atoms with Crippen LogP contribution < -0.4 is 5.48 Å². The summed E-state index contributed by atoms with van der Waals surface area (Å²) in [4.78, 5) is 53.2. The predicted molar refractivity (Wildman–Crippen MR) is 110 cm³/mol. The summed E-state index contributed by atoms with van der Waals surface area (Å²) < 4.78 is 5.16. The van der Waals surface area contributed by atoms with Crippen LogP contribution in [-0.2, 0) is 35.4 Å². The second-order valence-corrected chi connectivity index (χ2v) is 7.83. The highest BCUT2D eigenvalue weighted by atomic mass is 16.7. The molecule has 0 saturated carbocycles. The molecule has 0 aromatic heterocycles. The predicted octanol–water partition coefficient (Wildman–Crippen LogP) is 3.21. The maximum atomic E-state index is 11.8. The fraction of sp³-hybridized carbons (Fsp3) is 0.545. The SMILES string of the molecule is CC(C)C(=O)OCc1ccc(NOC(=O)CCCCCN2C(=O)CC(C)C2=O)cc1. The van der Waals surface area contributed by atoms with Gasteiger partial charge >= 0.3 is 11.9 Å². The van der Waals surface area contributed by atoms with Crippen LogP contribution >= 0.6 is 0 Å². The zero-order chi connectivity index (χ0) is 22.1. The first kappa shape index (κ1) is 23.4. The maximum absolute atomic E-state index is 11.8. The average Bonchev–Trinajstić information content (AvgIpc) is 2.96. The minimum atomic E-state index is -0.383. The van der Waals surface area contributed by atoms with Gasteiger partial charge in [0.05, 0.1) is 11.6 Å². The van der Waals surface area contributed by atoms with Crippen molar-refractivity contribution in [3.05, 3.63) is 29.8 Å². The van der Waals surface area contributed by atoms with E-state index in [1.807, 2.05) is 0 Å². The van der Waals surface area contributed by atoms with Gasteiger partial charge in [0.2, 0.25) is 11.8 Å². The number of ether oxygens (including phenoxy) is 1. The number of rotatable bonds is 11. The zero-order valence-corrected chi connectivity index (χ0v) is 17.8. The van der Waals surface area contributed by atoms with Gasteiger partial charge in [-0.3, -0.25) is 19.3 Å². The highest BCUT2D eigenvalue weighted by molar-refractivity contribution is 6.03. The Balaban J connectivity index is 1.59. The van der Waals surface area contributed by atoms with E-state index in [0.717, 1.165) is 12.0 Å². The summed E-state index contributed by atoms with van der Waals surface area (Å²) in [6, 6.07) is 7.03. The normalized spacial score (nSPS) is 16.1. The minimum absolute atomic E-state index is 0.104. The van der Waals surface area contributed by atoms with Crippen molar-refractivity contribution in [1.82, 2.24) is 4.90 Å². The average molecular weight is 418 g/mol. The van der Waals surface area contributed by atoms with Crippen LogP contribution in [0.4, 0.5) is 5.69 Å². The largest absolute Gasteiger partial charge is 0.461 e. The van der Waals surface area contributed by atoms with Crippen molar-refractivity contribution in [2.45, 2.75) is 59.5 Å². The summed E-state index contributed by atoms with van der Waals surface area (Å²) in [5.41, 5.74) is 4.05. The van der Waals surface area contributed by atoms with Gasteiger partial charge in [-0.15, -0.1) is 0 Å². The maximum Gasteiger partial charge on any atom is 0.332 e. The number of likely N-dealkylation sites (tertiary alicyclic amines) is 1. The molecule has 2 amide bonds. The molecule has 164 valence electrons. The van der Waals surface area contributed by atoms with Gasteiger partial charge in [0, 0.05) is 25.3 Å². The Morgan fingerprint density at radius 1 is 1.13 bits per heavy atom. The highest BCUT2D eigenvalue weighted by Gasteiger charge is 2.34. The molecule has 0 bridgehead atoms. The van der Waals surface area contributed by atoms with E-state index < -0.39 is 0 Å². The third-order valence-corrected chi connectivity index (χ3v) is 4.82. The van der Waals surface area contributed by atoms with E-state index in [1.165, 1.54) is 4.90 Å². The van der Waals surface area contributed by atoms with Crippen LogP contribution in [0.5, 0.6) is 0 Å². The lowest BCUT2D eigenvalue weighted by Gasteiger charge is -2.13. The van der Waals surface area contributed by atoms with Gasteiger partial charge in [0.25, 0.3) is 0 Å².